The number of ether oxygens (including phenoxy) is 1. The Balaban J connectivity index is 3.22. The maximum Gasteiger partial charge on any atom is 0.133 e. The number of oxime groups is 1. The lowest BCUT2D eigenvalue weighted by atomic mass is 10.2. The number of hydrogen-bond donors (Lipinski definition) is 1. The molecule has 1 rings (SSSR count). The Kier molecular flexibility index (Phi) is 3.25. The molecule has 0 heterocycles. The molecule has 0 atom stereocenters. The molecule has 5 heteroatoms. The average Bonchev–Trinajstić information content (AvgIpc) is 2.10. The number of nitrogens with zero attached hydrogens (tertiary/aromatic N) is 1. The molecular weight excluding hydrogens is 241 g/mol. The largest absolute Gasteiger partial charge is 0.496 e. The number of rotatable bonds is 2. The van der Waals surface area contributed by atoms with Crippen LogP contribution >= 0.6 is 15.9 Å². The second kappa shape index (κ2) is 4.23. The van der Waals surface area contributed by atoms with Crippen molar-refractivity contribution < 1.29 is 14.3 Å². The van der Waals surface area contributed by atoms with Gasteiger partial charge in [0.05, 0.1) is 17.8 Å². The molecule has 3 nitrogen and oxygen atoms in total. The van der Waals surface area contributed by atoms with Crippen LogP contribution in [0.3, 0.4) is 0 Å². The maximum absolute atomic E-state index is 13.1. The van der Waals surface area contributed by atoms with Gasteiger partial charge in [0.2, 0.25) is 0 Å². The molecule has 1 aromatic carbocycles. The van der Waals surface area contributed by atoms with Crippen LogP contribution in [0.25, 0.3) is 0 Å². The van der Waals surface area contributed by atoms with Crippen molar-refractivity contribution in [3.63, 3.8) is 0 Å². The Morgan fingerprint density at radius 2 is 2.31 bits per heavy atom. The van der Waals surface area contributed by atoms with E-state index in [2.05, 4.69) is 21.1 Å². The SMILES string of the molecule is COc1cc(C=NO)c(F)cc1Br. The van der Waals surface area contributed by atoms with E-state index in [4.69, 9.17) is 9.94 Å². The van der Waals surface area contributed by atoms with Gasteiger partial charge in [0.1, 0.15) is 11.6 Å². The van der Waals surface area contributed by atoms with Crippen LogP contribution < -0.4 is 4.74 Å². The van der Waals surface area contributed by atoms with Gasteiger partial charge in [-0.1, -0.05) is 5.16 Å². The van der Waals surface area contributed by atoms with Crippen LogP contribution in [0, 0.1) is 5.82 Å². The second-order valence-corrected chi connectivity index (χ2v) is 3.11. The molecular formula is C8H7BrFNO2. The molecule has 1 aromatic rings. The molecule has 0 aliphatic rings. The van der Waals surface area contributed by atoms with Crippen LogP contribution in [0.15, 0.2) is 21.8 Å². The number of halogens is 2. The van der Waals surface area contributed by atoms with Crippen molar-refractivity contribution in [2.45, 2.75) is 0 Å². The van der Waals surface area contributed by atoms with Crippen molar-refractivity contribution >= 4 is 22.1 Å². The fourth-order valence-corrected chi connectivity index (χ4v) is 1.34. The minimum atomic E-state index is -0.481. The summed E-state index contributed by atoms with van der Waals surface area (Å²) < 4.78 is 18.5. The summed E-state index contributed by atoms with van der Waals surface area (Å²) in [5.41, 5.74) is 0.169. The first kappa shape index (κ1) is 9.98. The quantitative estimate of drug-likeness (QED) is 0.496. The van der Waals surface area contributed by atoms with Gasteiger partial charge in [-0.3, -0.25) is 0 Å². The van der Waals surface area contributed by atoms with Gasteiger partial charge in [-0.15, -0.1) is 0 Å². The summed E-state index contributed by atoms with van der Waals surface area (Å²) >= 11 is 3.12. The lowest BCUT2D eigenvalue weighted by Gasteiger charge is -2.04. The zero-order valence-corrected chi connectivity index (χ0v) is 8.38. The zero-order valence-electron chi connectivity index (χ0n) is 6.79. The standard InChI is InChI=1S/C8H7BrFNO2/c1-13-8-2-5(4-11-12)7(10)3-6(8)9/h2-4,12H,1H3. The Hall–Kier alpha value is -1.10. The predicted molar refractivity (Wildman–Crippen MR) is 50.0 cm³/mol. The van der Waals surface area contributed by atoms with Gasteiger partial charge in [0, 0.05) is 5.56 Å². The van der Waals surface area contributed by atoms with E-state index in [0.717, 1.165) is 6.21 Å². The van der Waals surface area contributed by atoms with Gasteiger partial charge >= 0.3 is 0 Å². The molecule has 0 amide bonds. The van der Waals surface area contributed by atoms with Crippen LogP contribution in [-0.4, -0.2) is 18.5 Å². The highest BCUT2D eigenvalue weighted by atomic mass is 79.9. The summed E-state index contributed by atoms with van der Waals surface area (Å²) in [4.78, 5) is 0. The van der Waals surface area contributed by atoms with Gasteiger partial charge in [-0.05, 0) is 28.1 Å². The Bertz CT molecular complexity index is 341. The van der Waals surface area contributed by atoms with Gasteiger partial charge in [0.25, 0.3) is 0 Å². The van der Waals surface area contributed by atoms with Crippen LogP contribution in [0.5, 0.6) is 5.75 Å². The average molecular weight is 248 g/mol. The highest BCUT2D eigenvalue weighted by Crippen LogP contribution is 2.27. The minimum Gasteiger partial charge on any atom is -0.496 e. The highest BCUT2D eigenvalue weighted by molar-refractivity contribution is 9.10. The normalized spacial score (nSPS) is 10.7. The van der Waals surface area contributed by atoms with Crippen molar-refractivity contribution in [3.05, 3.63) is 28.0 Å². The fourth-order valence-electron chi connectivity index (χ4n) is 0.862. The van der Waals surface area contributed by atoms with Gasteiger partial charge < -0.3 is 9.94 Å². The van der Waals surface area contributed by atoms with E-state index in [-0.39, 0.29) is 5.56 Å². The number of methoxy groups -OCH3 is 1. The van der Waals surface area contributed by atoms with E-state index in [1.165, 1.54) is 19.2 Å². The molecule has 0 unspecified atom stereocenters. The van der Waals surface area contributed by atoms with Crippen LogP contribution in [0.4, 0.5) is 4.39 Å². The molecule has 0 fully saturated rings. The van der Waals surface area contributed by atoms with E-state index < -0.39 is 5.82 Å². The van der Waals surface area contributed by atoms with Crippen molar-refractivity contribution in [1.29, 1.82) is 0 Å². The van der Waals surface area contributed by atoms with Crippen LogP contribution in [0.1, 0.15) is 5.56 Å². The van der Waals surface area contributed by atoms with Crippen molar-refractivity contribution in [2.24, 2.45) is 5.16 Å². The lowest BCUT2D eigenvalue weighted by Crippen LogP contribution is -1.92. The smallest absolute Gasteiger partial charge is 0.133 e. The summed E-state index contributed by atoms with van der Waals surface area (Å²) in [7, 11) is 1.47. The van der Waals surface area contributed by atoms with E-state index in [1.807, 2.05) is 0 Å². The summed E-state index contributed by atoms with van der Waals surface area (Å²) in [6.45, 7) is 0. The van der Waals surface area contributed by atoms with Crippen LogP contribution in [-0.2, 0) is 0 Å². The zero-order chi connectivity index (χ0) is 9.84. The lowest BCUT2D eigenvalue weighted by molar-refractivity contribution is 0.321. The molecule has 0 aliphatic carbocycles. The third-order valence-electron chi connectivity index (χ3n) is 1.47. The third kappa shape index (κ3) is 2.18. The molecule has 0 aliphatic heterocycles. The molecule has 70 valence electrons. The second-order valence-electron chi connectivity index (χ2n) is 2.25. The van der Waals surface area contributed by atoms with Crippen molar-refractivity contribution in [2.75, 3.05) is 7.11 Å². The molecule has 0 saturated heterocycles. The Morgan fingerprint density at radius 3 is 2.85 bits per heavy atom. The molecule has 0 saturated carbocycles. The molecule has 1 N–H and O–H groups in total. The first-order valence-electron chi connectivity index (χ1n) is 3.39. The highest BCUT2D eigenvalue weighted by Gasteiger charge is 2.06. The monoisotopic (exact) mass is 247 g/mol. The van der Waals surface area contributed by atoms with E-state index in [9.17, 15) is 4.39 Å². The molecule has 0 bridgehead atoms. The maximum atomic E-state index is 13.1. The molecule has 0 aromatic heterocycles. The Morgan fingerprint density at radius 1 is 1.62 bits per heavy atom. The summed E-state index contributed by atoms with van der Waals surface area (Å²) in [6, 6.07) is 2.68. The molecule has 0 radical (unpaired) electrons. The Labute approximate surface area is 83.0 Å². The third-order valence-corrected chi connectivity index (χ3v) is 2.09. The van der Waals surface area contributed by atoms with Crippen molar-refractivity contribution in [1.82, 2.24) is 0 Å². The van der Waals surface area contributed by atoms with E-state index in [0.29, 0.717) is 10.2 Å². The van der Waals surface area contributed by atoms with E-state index >= 15 is 0 Å². The first-order chi connectivity index (χ1) is 6.19. The fraction of sp³-hybridized carbons (Fsp3) is 0.125. The number of hydrogen-bond acceptors (Lipinski definition) is 3. The van der Waals surface area contributed by atoms with Crippen LogP contribution in [0.2, 0.25) is 0 Å². The number of benzene rings is 1. The summed E-state index contributed by atoms with van der Waals surface area (Å²) in [5.74, 6) is 0.00164. The molecule has 0 spiro atoms. The van der Waals surface area contributed by atoms with Crippen molar-refractivity contribution in [3.8, 4) is 5.75 Å². The first-order valence-corrected chi connectivity index (χ1v) is 4.18. The summed E-state index contributed by atoms with van der Waals surface area (Å²) in [6.07, 6.45) is 1.00. The van der Waals surface area contributed by atoms with Gasteiger partial charge in [0.15, 0.2) is 0 Å². The van der Waals surface area contributed by atoms with Gasteiger partial charge in [-0.2, -0.15) is 0 Å². The summed E-state index contributed by atoms with van der Waals surface area (Å²) in [5, 5.41) is 11.0. The predicted octanol–water partition coefficient (Wildman–Crippen LogP) is 2.40. The van der Waals surface area contributed by atoms with Gasteiger partial charge in [-0.25, -0.2) is 4.39 Å². The van der Waals surface area contributed by atoms with E-state index in [1.54, 1.807) is 0 Å². The molecule has 13 heavy (non-hydrogen) atoms. The topological polar surface area (TPSA) is 41.8 Å². The minimum absolute atomic E-state index is 0.169.